The van der Waals surface area contributed by atoms with Crippen molar-refractivity contribution in [2.75, 3.05) is 5.32 Å². The fourth-order valence-corrected chi connectivity index (χ4v) is 1.49. The number of nitrogens with one attached hydrogen (secondary N) is 1. The van der Waals surface area contributed by atoms with Crippen LogP contribution in [0.15, 0.2) is 36.5 Å². The molecule has 2 rings (SSSR count). The van der Waals surface area contributed by atoms with E-state index in [4.69, 9.17) is 11.6 Å². The van der Waals surface area contributed by atoms with Crippen molar-refractivity contribution < 1.29 is 13.2 Å². The van der Waals surface area contributed by atoms with Crippen LogP contribution in [0, 0.1) is 0 Å². The van der Waals surface area contributed by atoms with Gasteiger partial charge in [-0.3, -0.25) is 4.98 Å². The molecule has 2 aromatic rings. The van der Waals surface area contributed by atoms with Crippen molar-refractivity contribution in [2.24, 2.45) is 0 Å². The number of nitrogens with zero attached hydrogens (tertiary/aromatic N) is 2. The van der Waals surface area contributed by atoms with Gasteiger partial charge in [0, 0.05) is 6.20 Å². The van der Waals surface area contributed by atoms with Crippen molar-refractivity contribution in [1.82, 2.24) is 9.97 Å². The Balaban J connectivity index is 2.05. The Kier molecular flexibility index (Phi) is 3.90. The monoisotopic (exact) mass is 287 g/mol. The molecule has 0 aliphatic carbocycles. The molecule has 0 aliphatic heterocycles. The molecule has 1 N–H and O–H groups in total. The molecule has 0 aliphatic rings. The first-order chi connectivity index (χ1) is 8.95. The standard InChI is InChI=1S/C12H9ClF3N3/c13-8-4-5-9(17-6-8)7-18-11-3-1-2-10(19-11)12(14,15)16/h1-6H,7H2,(H,18,19). The summed E-state index contributed by atoms with van der Waals surface area (Å²) in [6, 6.07) is 7.03. The maximum atomic E-state index is 12.5. The van der Waals surface area contributed by atoms with E-state index in [2.05, 4.69) is 15.3 Å². The number of pyridine rings is 2. The molecule has 100 valence electrons. The zero-order valence-corrected chi connectivity index (χ0v) is 10.3. The van der Waals surface area contributed by atoms with Crippen LogP contribution in [0.3, 0.4) is 0 Å². The van der Waals surface area contributed by atoms with Gasteiger partial charge < -0.3 is 5.32 Å². The third kappa shape index (κ3) is 3.82. The van der Waals surface area contributed by atoms with E-state index in [9.17, 15) is 13.2 Å². The molecule has 19 heavy (non-hydrogen) atoms. The lowest BCUT2D eigenvalue weighted by atomic mass is 10.3. The summed E-state index contributed by atoms with van der Waals surface area (Å²) >= 11 is 5.68. The molecule has 7 heteroatoms. The summed E-state index contributed by atoms with van der Waals surface area (Å²) in [7, 11) is 0. The van der Waals surface area contributed by atoms with Gasteiger partial charge in [-0.2, -0.15) is 13.2 Å². The fraction of sp³-hybridized carbons (Fsp3) is 0.167. The Morgan fingerprint density at radius 2 is 1.95 bits per heavy atom. The van der Waals surface area contributed by atoms with E-state index in [1.165, 1.54) is 18.3 Å². The second-order valence-corrected chi connectivity index (χ2v) is 4.16. The van der Waals surface area contributed by atoms with Crippen LogP contribution in [-0.2, 0) is 12.7 Å². The summed E-state index contributed by atoms with van der Waals surface area (Å²) < 4.78 is 37.4. The molecule has 0 radical (unpaired) electrons. The van der Waals surface area contributed by atoms with Gasteiger partial charge in [-0.1, -0.05) is 17.7 Å². The van der Waals surface area contributed by atoms with Crippen molar-refractivity contribution >= 4 is 17.4 Å². The van der Waals surface area contributed by atoms with Gasteiger partial charge in [-0.15, -0.1) is 0 Å². The van der Waals surface area contributed by atoms with E-state index >= 15 is 0 Å². The summed E-state index contributed by atoms with van der Waals surface area (Å²) in [5, 5.41) is 3.28. The Labute approximate surface area is 112 Å². The minimum atomic E-state index is -4.45. The van der Waals surface area contributed by atoms with Crippen molar-refractivity contribution in [2.45, 2.75) is 12.7 Å². The summed E-state index contributed by atoms with van der Waals surface area (Å²) in [6.07, 6.45) is -2.98. The molecular formula is C12H9ClF3N3. The molecule has 0 saturated carbocycles. The SMILES string of the molecule is FC(F)(F)c1cccc(NCc2ccc(Cl)cn2)n1. The van der Waals surface area contributed by atoms with Crippen LogP contribution in [0.1, 0.15) is 11.4 Å². The van der Waals surface area contributed by atoms with Crippen molar-refractivity contribution in [3.8, 4) is 0 Å². The summed E-state index contributed by atoms with van der Waals surface area (Å²) in [5.41, 5.74) is -0.273. The minimum Gasteiger partial charge on any atom is -0.364 e. The van der Waals surface area contributed by atoms with Gasteiger partial charge in [-0.25, -0.2) is 4.98 Å². The van der Waals surface area contributed by atoms with Crippen molar-refractivity contribution in [1.29, 1.82) is 0 Å². The number of anilines is 1. The highest BCUT2D eigenvalue weighted by molar-refractivity contribution is 6.30. The number of alkyl halides is 3. The quantitative estimate of drug-likeness (QED) is 0.934. The van der Waals surface area contributed by atoms with Gasteiger partial charge in [0.25, 0.3) is 0 Å². The molecular weight excluding hydrogens is 279 g/mol. The fourth-order valence-electron chi connectivity index (χ4n) is 1.38. The lowest BCUT2D eigenvalue weighted by Gasteiger charge is -2.09. The maximum Gasteiger partial charge on any atom is 0.433 e. The Morgan fingerprint density at radius 1 is 1.16 bits per heavy atom. The van der Waals surface area contributed by atoms with E-state index in [0.717, 1.165) is 6.07 Å². The smallest absolute Gasteiger partial charge is 0.364 e. The number of hydrogen-bond donors (Lipinski definition) is 1. The Bertz CT molecular complexity index is 555. The molecule has 0 spiro atoms. The van der Waals surface area contributed by atoms with E-state index in [0.29, 0.717) is 10.7 Å². The third-order valence-corrected chi connectivity index (χ3v) is 2.50. The van der Waals surface area contributed by atoms with Crippen molar-refractivity contribution in [3.63, 3.8) is 0 Å². The number of hydrogen-bond acceptors (Lipinski definition) is 3. The van der Waals surface area contributed by atoms with Gasteiger partial charge in [0.2, 0.25) is 0 Å². The average Bonchev–Trinajstić information content (AvgIpc) is 2.37. The Hall–Kier alpha value is -1.82. The highest BCUT2D eigenvalue weighted by Gasteiger charge is 2.32. The summed E-state index contributed by atoms with van der Waals surface area (Å²) in [5.74, 6) is 0.145. The van der Waals surface area contributed by atoms with Gasteiger partial charge >= 0.3 is 6.18 Å². The highest BCUT2D eigenvalue weighted by atomic mass is 35.5. The van der Waals surface area contributed by atoms with Gasteiger partial charge in [-0.05, 0) is 24.3 Å². The van der Waals surface area contributed by atoms with Gasteiger partial charge in [0.1, 0.15) is 11.5 Å². The van der Waals surface area contributed by atoms with E-state index < -0.39 is 11.9 Å². The predicted octanol–water partition coefficient (Wildman–Crippen LogP) is 3.76. The molecule has 2 heterocycles. The Morgan fingerprint density at radius 3 is 2.58 bits per heavy atom. The second kappa shape index (κ2) is 5.44. The van der Waals surface area contributed by atoms with Crippen LogP contribution in [0.5, 0.6) is 0 Å². The third-order valence-electron chi connectivity index (χ3n) is 2.28. The molecule has 0 fully saturated rings. The molecule has 0 amide bonds. The van der Waals surface area contributed by atoms with Crippen LogP contribution in [0.4, 0.5) is 19.0 Å². The first-order valence-electron chi connectivity index (χ1n) is 5.34. The average molecular weight is 288 g/mol. The van der Waals surface area contributed by atoms with Crippen molar-refractivity contribution in [3.05, 3.63) is 52.9 Å². The lowest BCUT2D eigenvalue weighted by molar-refractivity contribution is -0.141. The highest BCUT2D eigenvalue weighted by Crippen LogP contribution is 2.28. The molecule has 0 unspecified atom stereocenters. The molecule has 0 bridgehead atoms. The van der Waals surface area contributed by atoms with Crippen LogP contribution in [0.2, 0.25) is 5.02 Å². The van der Waals surface area contributed by atoms with E-state index in [-0.39, 0.29) is 12.4 Å². The van der Waals surface area contributed by atoms with Gasteiger partial charge in [0.05, 0.1) is 17.3 Å². The van der Waals surface area contributed by atoms with Gasteiger partial charge in [0.15, 0.2) is 0 Å². The first kappa shape index (κ1) is 13.6. The number of rotatable bonds is 3. The molecule has 2 aromatic heterocycles. The summed E-state index contributed by atoms with van der Waals surface area (Å²) in [6.45, 7) is 0.269. The zero-order chi connectivity index (χ0) is 13.9. The predicted molar refractivity (Wildman–Crippen MR) is 65.8 cm³/mol. The normalized spacial score (nSPS) is 11.4. The zero-order valence-electron chi connectivity index (χ0n) is 9.58. The van der Waals surface area contributed by atoms with Crippen LogP contribution < -0.4 is 5.32 Å². The maximum absolute atomic E-state index is 12.5. The second-order valence-electron chi connectivity index (χ2n) is 3.73. The minimum absolute atomic E-state index is 0.145. The van der Waals surface area contributed by atoms with Crippen LogP contribution >= 0.6 is 11.6 Å². The molecule has 0 atom stereocenters. The van der Waals surface area contributed by atoms with Crippen LogP contribution in [-0.4, -0.2) is 9.97 Å². The summed E-state index contributed by atoms with van der Waals surface area (Å²) in [4.78, 5) is 7.51. The molecule has 0 saturated heterocycles. The van der Waals surface area contributed by atoms with Crippen LogP contribution in [0.25, 0.3) is 0 Å². The largest absolute Gasteiger partial charge is 0.433 e. The topological polar surface area (TPSA) is 37.8 Å². The number of aromatic nitrogens is 2. The molecule has 0 aromatic carbocycles. The molecule has 3 nitrogen and oxygen atoms in total. The number of halogens is 4. The van der Waals surface area contributed by atoms with E-state index in [1.807, 2.05) is 0 Å². The lowest BCUT2D eigenvalue weighted by Crippen LogP contribution is -2.10. The van der Waals surface area contributed by atoms with E-state index in [1.54, 1.807) is 12.1 Å². The first-order valence-corrected chi connectivity index (χ1v) is 5.71.